The molecular formula is C17H20N2S. The molecule has 2 nitrogen and oxygen atoms in total. The van der Waals surface area contributed by atoms with Crippen molar-refractivity contribution in [2.45, 2.75) is 37.5 Å². The smallest absolute Gasteiger partial charge is 0.154 e. The summed E-state index contributed by atoms with van der Waals surface area (Å²) in [4.78, 5) is 4.63. The van der Waals surface area contributed by atoms with Crippen molar-refractivity contribution < 1.29 is 0 Å². The van der Waals surface area contributed by atoms with Gasteiger partial charge in [-0.05, 0) is 29.2 Å². The molecule has 1 aliphatic carbocycles. The van der Waals surface area contributed by atoms with Gasteiger partial charge in [0.2, 0.25) is 0 Å². The Kier molecular flexibility index (Phi) is 4.26. The summed E-state index contributed by atoms with van der Waals surface area (Å²) in [6.45, 7) is 0. The lowest BCUT2D eigenvalue weighted by atomic mass is 10.1. The number of amidine groups is 1. The molecule has 2 aromatic rings. The molecule has 1 fully saturated rings. The molecule has 0 aliphatic heterocycles. The zero-order chi connectivity index (χ0) is 13.8. The first-order valence-electron chi connectivity index (χ1n) is 7.25. The Bertz CT molecular complexity index is 610. The molecule has 0 atom stereocenters. The second-order valence-electron chi connectivity index (χ2n) is 5.33. The Morgan fingerprint density at radius 1 is 1.10 bits per heavy atom. The number of nitrogens with zero attached hydrogens (tertiary/aromatic N) is 1. The van der Waals surface area contributed by atoms with Gasteiger partial charge >= 0.3 is 0 Å². The van der Waals surface area contributed by atoms with Crippen LogP contribution in [0.2, 0.25) is 0 Å². The van der Waals surface area contributed by atoms with Crippen molar-refractivity contribution in [1.29, 1.82) is 0 Å². The number of aliphatic imine (C=N–C) groups is 1. The van der Waals surface area contributed by atoms with E-state index < -0.39 is 0 Å². The molecule has 0 bridgehead atoms. The Hall–Kier alpha value is -1.48. The molecule has 0 amide bonds. The van der Waals surface area contributed by atoms with E-state index in [1.165, 1.54) is 42.0 Å². The summed E-state index contributed by atoms with van der Waals surface area (Å²) >= 11 is 1.66. The number of hydrogen-bond acceptors (Lipinski definition) is 2. The third-order valence-electron chi connectivity index (χ3n) is 3.89. The summed E-state index contributed by atoms with van der Waals surface area (Å²) < 4.78 is 0. The van der Waals surface area contributed by atoms with Gasteiger partial charge in [-0.2, -0.15) is 0 Å². The highest BCUT2D eigenvalue weighted by atomic mass is 32.2. The van der Waals surface area contributed by atoms with Gasteiger partial charge in [0.25, 0.3) is 0 Å². The Morgan fingerprint density at radius 3 is 2.70 bits per heavy atom. The van der Waals surface area contributed by atoms with Crippen LogP contribution in [0.3, 0.4) is 0 Å². The molecule has 0 aromatic heterocycles. The summed E-state index contributed by atoms with van der Waals surface area (Å²) in [5, 5.41) is 3.35. The Morgan fingerprint density at radius 2 is 1.85 bits per heavy atom. The van der Waals surface area contributed by atoms with Crippen LogP contribution in [0.5, 0.6) is 0 Å². The van der Waals surface area contributed by atoms with Crippen molar-refractivity contribution in [3.05, 3.63) is 48.0 Å². The minimum Gasteiger partial charge on any atom is -0.379 e. The monoisotopic (exact) mass is 284 g/mol. The molecule has 2 N–H and O–H groups in total. The molecule has 20 heavy (non-hydrogen) atoms. The van der Waals surface area contributed by atoms with Crippen LogP contribution in [0.25, 0.3) is 10.8 Å². The predicted octanol–water partition coefficient (Wildman–Crippen LogP) is 4.33. The molecule has 0 radical (unpaired) electrons. The van der Waals surface area contributed by atoms with Gasteiger partial charge in [-0.3, -0.25) is 4.99 Å². The normalized spacial score (nSPS) is 16.9. The van der Waals surface area contributed by atoms with Crippen LogP contribution in [0, 0.1) is 0 Å². The van der Waals surface area contributed by atoms with Gasteiger partial charge in [0.05, 0.1) is 6.04 Å². The molecule has 1 aliphatic rings. The van der Waals surface area contributed by atoms with E-state index in [1.54, 1.807) is 11.8 Å². The molecule has 0 unspecified atom stereocenters. The highest BCUT2D eigenvalue weighted by molar-refractivity contribution is 8.13. The van der Waals surface area contributed by atoms with E-state index in [2.05, 4.69) is 47.5 Å². The van der Waals surface area contributed by atoms with Gasteiger partial charge in [-0.1, -0.05) is 67.1 Å². The van der Waals surface area contributed by atoms with Gasteiger partial charge in [-0.15, -0.1) is 0 Å². The first-order valence-corrected chi connectivity index (χ1v) is 8.24. The van der Waals surface area contributed by atoms with Gasteiger partial charge in [-0.25, -0.2) is 0 Å². The maximum absolute atomic E-state index is 6.06. The lowest BCUT2D eigenvalue weighted by molar-refractivity contribution is 0.708. The highest BCUT2D eigenvalue weighted by Gasteiger charge is 2.14. The van der Waals surface area contributed by atoms with Crippen molar-refractivity contribution in [2.24, 2.45) is 10.7 Å². The van der Waals surface area contributed by atoms with Crippen molar-refractivity contribution in [1.82, 2.24) is 0 Å². The fraction of sp³-hybridized carbons (Fsp3) is 0.353. The summed E-state index contributed by atoms with van der Waals surface area (Å²) in [5.74, 6) is 0.892. The SMILES string of the molecule is NC(=NC1CCCC1)SCc1cccc2ccccc12. The van der Waals surface area contributed by atoms with E-state index in [0.717, 1.165) is 10.9 Å². The maximum Gasteiger partial charge on any atom is 0.154 e. The molecule has 1 saturated carbocycles. The number of thioether (sulfide) groups is 1. The molecule has 2 aromatic carbocycles. The average molecular weight is 284 g/mol. The van der Waals surface area contributed by atoms with Crippen LogP contribution in [0.1, 0.15) is 31.2 Å². The van der Waals surface area contributed by atoms with Crippen LogP contribution in [-0.2, 0) is 5.75 Å². The van der Waals surface area contributed by atoms with Crippen LogP contribution in [0.15, 0.2) is 47.5 Å². The standard InChI is InChI=1S/C17H20N2S/c18-17(19-15-9-2-3-10-15)20-12-14-8-5-7-13-6-1-4-11-16(13)14/h1,4-8,11,15H,2-3,9-10,12H2,(H2,18,19). The molecule has 0 heterocycles. The van der Waals surface area contributed by atoms with Crippen LogP contribution < -0.4 is 5.73 Å². The van der Waals surface area contributed by atoms with Crippen molar-refractivity contribution >= 4 is 27.7 Å². The zero-order valence-electron chi connectivity index (χ0n) is 11.6. The van der Waals surface area contributed by atoms with Crippen molar-refractivity contribution in [2.75, 3.05) is 0 Å². The second-order valence-corrected chi connectivity index (χ2v) is 6.33. The molecule has 0 spiro atoms. The molecule has 104 valence electrons. The number of nitrogens with two attached hydrogens (primary N) is 1. The summed E-state index contributed by atoms with van der Waals surface area (Å²) in [7, 11) is 0. The van der Waals surface area contributed by atoms with Crippen molar-refractivity contribution in [3.8, 4) is 0 Å². The lowest BCUT2D eigenvalue weighted by Gasteiger charge is -2.08. The number of benzene rings is 2. The summed E-state index contributed by atoms with van der Waals surface area (Å²) in [5.41, 5.74) is 7.39. The topological polar surface area (TPSA) is 38.4 Å². The first-order chi connectivity index (χ1) is 9.83. The minimum absolute atomic E-state index is 0.468. The zero-order valence-corrected chi connectivity index (χ0v) is 12.4. The third-order valence-corrected chi connectivity index (χ3v) is 4.75. The average Bonchev–Trinajstić information content (AvgIpc) is 2.98. The molecule has 0 saturated heterocycles. The number of rotatable bonds is 3. The fourth-order valence-electron chi connectivity index (χ4n) is 2.82. The van der Waals surface area contributed by atoms with Crippen LogP contribution in [-0.4, -0.2) is 11.2 Å². The molecule has 3 rings (SSSR count). The van der Waals surface area contributed by atoms with E-state index in [0.29, 0.717) is 6.04 Å². The Labute approximate surface area is 124 Å². The van der Waals surface area contributed by atoms with Gasteiger partial charge in [0, 0.05) is 5.75 Å². The summed E-state index contributed by atoms with van der Waals surface area (Å²) in [6, 6.07) is 15.4. The van der Waals surface area contributed by atoms with E-state index in [-0.39, 0.29) is 0 Å². The Balaban J connectivity index is 1.70. The van der Waals surface area contributed by atoms with E-state index in [1.807, 2.05) is 0 Å². The third kappa shape index (κ3) is 3.15. The lowest BCUT2D eigenvalue weighted by Crippen LogP contribution is -2.11. The van der Waals surface area contributed by atoms with E-state index >= 15 is 0 Å². The highest BCUT2D eigenvalue weighted by Crippen LogP contribution is 2.25. The minimum atomic E-state index is 0.468. The second kappa shape index (κ2) is 6.31. The van der Waals surface area contributed by atoms with E-state index in [4.69, 9.17) is 5.73 Å². The van der Waals surface area contributed by atoms with Crippen LogP contribution >= 0.6 is 11.8 Å². The predicted molar refractivity (Wildman–Crippen MR) is 89.1 cm³/mol. The first kappa shape index (κ1) is 13.5. The largest absolute Gasteiger partial charge is 0.379 e. The van der Waals surface area contributed by atoms with Gasteiger partial charge < -0.3 is 5.73 Å². The summed E-state index contributed by atoms with van der Waals surface area (Å²) in [6.07, 6.45) is 5.01. The number of fused-ring (bicyclic) bond motifs is 1. The maximum atomic E-state index is 6.06. The quantitative estimate of drug-likeness (QED) is 0.673. The van der Waals surface area contributed by atoms with Gasteiger partial charge in [0.1, 0.15) is 0 Å². The number of hydrogen-bond donors (Lipinski definition) is 1. The van der Waals surface area contributed by atoms with Crippen molar-refractivity contribution in [3.63, 3.8) is 0 Å². The van der Waals surface area contributed by atoms with E-state index in [9.17, 15) is 0 Å². The van der Waals surface area contributed by atoms with Crippen LogP contribution in [0.4, 0.5) is 0 Å². The fourth-order valence-corrected chi connectivity index (χ4v) is 3.60. The molecule has 3 heteroatoms. The molecular weight excluding hydrogens is 264 g/mol. The van der Waals surface area contributed by atoms with Gasteiger partial charge in [0.15, 0.2) is 5.17 Å².